The minimum atomic E-state index is -0.764. The van der Waals surface area contributed by atoms with E-state index in [0.717, 1.165) is 12.2 Å². The Hall–Kier alpha value is -2.93. The van der Waals surface area contributed by atoms with Crippen molar-refractivity contribution in [3.8, 4) is 0 Å². The molecule has 1 aromatic carbocycles. The van der Waals surface area contributed by atoms with Crippen LogP contribution in [0.1, 0.15) is 24.8 Å². The summed E-state index contributed by atoms with van der Waals surface area (Å²) < 4.78 is 0.461. The topological polar surface area (TPSA) is 83.3 Å². The van der Waals surface area contributed by atoms with Crippen LogP contribution in [0.2, 0.25) is 0 Å². The lowest BCUT2D eigenvalue weighted by Crippen LogP contribution is -2.29. The zero-order valence-corrected chi connectivity index (χ0v) is 14.4. The number of anilines is 2. The normalized spacial score (nSPS) is 15.2. The van der Waals surface area contributed by atoms with Gasteiger partial charge in [0.05, 0.1) is 5.39 Å². The van der Waals surface area contributed by atoms with Gasteiger partial charge in [0.2, 0.25) is 0 Å². The third-order valence-electron chi connectivity index (χ3n) is 4.70. The molecule has 1 aliphatic rings. The number of aromatic nitrogens is 3. The Morgan fingerprint density at radius 1 is 1.08 bits per heavy atom. The van der Waals surface area contributed by atoms with Crippen LogP contribution in [-0.2, 0) is 6.54 Å². The molecular weight excluding hydrogens is 330 g/mol. The van der Waals surface area contributed by atoms with Crippen LogP contribution < -0.4 is 11.0 Å². The number of hydrogen-bond acceptors (Lipinski definition) is 6. The molecule has 7 nitrogen and oxygen atoms in total. The molecule has 2 aromatic heterocycles. The SMILES string of the molecule is O=c1nc(Nc2ccc(CN3CCCCC3)cc2)c2cccnc2n1O. The quantitative estimate of drug-likeness (QED) is 0.703. The van der Waals surface area contributed by atoms with Crippen LogP contribution in [0.25, 0.3) is 11.0 Å². The summed E-state index contributed by atoms with van der Waals surface area (Å²) >= 11 is 0. The molecule has 7 heteroatoms. The number of fused-ring (bicyclic) bond motifs is 1. The fourth-order valence-electron chi connectivity index (χ4n) is 3.35. The Morgan fingerprint density at radius 2 is 1.85 bits per heavy atom. The molecular formula is C19H21N5O2. The molecule has 4 rings (SSSR count). The largest absolute Gasteiger partial charge is 0.422 e. The van der Waals surface area contributed by atoms with Crippen molar-refractivity contribution < 1.29 is 5.21 Å². The van der Waals surface area contributed by atoms with E-state index in [9.17, 15) is 10.0 Å². The van der Waals surface area contributed by atoms with Crippen LogP contribution in [0.4, 0.5) is 11.5 Å². The molecule has 0 aliphatic carbocycles. The Bertz CT molecular complexity index is 962. The van der Waals surface area contributed by atoms with Gasteiger partial charge in [-0.2, -0.15) is 4.98 Å². The fourth-order valence-corrected chi connectivity index (χ4v) is 3.35. The van der Waals surface area contributed by atoms with Crippen LogP contribution in [0, 0.1) is 0 Å². The second-order valence-electron chi connectivity index (χ2n) is 6.59. The van der Waals surface area contributed by atoms with E-state index in [4.69, 9.17) is 0 Å². The van der Waals surface area contributed by atoms with Gasteiger partial charge in [-0.05, 0) is 55.8 Å². The molecule has 3 aromatic rings. The molecule has 0 spiro atoms. The molecule has 0 unspecified atom stereocenters. The van der Waals surface area contributed by atoms with Gasteiger partial charge in [0.1, 0.15) is 5.82 Å². The number of piperidine rings is 1. The minimum Gasteiger partial charge on any atom is -0.422 e. The van der Waals surface area contributed by atoms with Crippen LogP contribution in [0.3, 0.4) is 0 Å². The van der Waals surface area contributed by atoms with Gasteiger partial charge >= 0.3 is 5.69 Å². The molecule has 2 N–H and O–H groups in total. The lowest BCUT2D eigenvalue weighted by Gasteiger charge is -2.26. The molecule has 0 saturated carbocycles. The number of pyridine rings is 1. The minimum absolute atomic E-state index is 0.178. The van der Waals surface area contributed by atoms with Crippen molar-refractivity contribution in [1.82, 2.24) is 19.6 Å². The Morgan fingerprint density at radius 3 is 2.62 bits per heavy atom. The number of benzene rings is 1. The summed E-state index contributed by atoms with van der Waals surface area (Å²) in [5.41, 5.74) is 1.51. The molecule has 0 bridgehead atoms. The second kappa shape index (κ2) is 7.13. The van der Waals surface area contributed by atoms with Gasteiger partial charge in [-0.3, -0.25) is 4.90 Å². The highest BCUT2D eigenvalue weighted by atomic mass is 16.5. The average molecular weight is 351 g/mol. The molecule has 1 aliphatic heterocycles. The summed E-state index contributed by atoms with van der Waals surface area (Å²) in [5, 5.41) is 13.5. The predicted molar refractivity (Wildman–Crippen MR) is 99.8 cm³/mol. The monoisotopic (exact) mass is 351 g/mol. The summed E-state index contributed by atoms with van der Waals surface area (Å²) in [4.78, 5) is 22.3. The molecule has 26 heavy (non-hydrogen) atoms. The number of hydrogen-bond donors (Lipinski definition) is 2. The van der Waals surface area contributed by atoms with Gasteiger partial charge in [-0.1, -0.05) is 18.6 Å². The van der Waals surface area contributed by atoms with Crippen LogP contribution >= 0.6 is 0 Å². The maximum atomic E-state index is 11.8. The number of rotatable bonds is 4. The van der Waals surface area contributed by atoms with Crippen molar-refractivity contribution in [3.05, 3.63) is 58.6 Å². The third-order valence-corrected chi connectivity index (χ3v) is 4.70. The van der Waals surface area contributed by atoms with E-state index >= 15 is 0 Å². The van der Waals surface area contributed by atoms with E-state index in [0.29, 0.717) is 15.9 Å². The lowest BCUT2D eigenvalue weighted by atomic mass is 10.1. The average Bonchev–Trinajstić information content (AvgIpc) is 2.68. The van der Waals surface area contributed by atoms with E-state index in [1.54, 1.807) is 12.1 Å². The smallest absolute Gasteiger partial charge is 0.384 e. The van der Waals surface area contributed by atoms with Crippen LogP contribution in [0.5, 0.6) is 0 Å². The van der Waals surface area contributed by atoms with Gasteiger partial charge in [0.25, 0.3) is 0 Å². The van der Waals surface area contributed by atoms with Crippen molar-refractivity contribution in [2.75, 3.05) is 18.4 Å². The molecule has 0 radical (unpaired) electrons. The highest BCUT2D eigenvalue weighted by molar-refractivity contribution is 5.88. The van der Waals surface area contributed by atoms with E-state index in [2.05, 4.69) is 32.3 Å². The van der Waals surface area contributed by atoms with Gasteiger partial charge in [-0.25, -0.2) is 9.78 Å². The molecule has 0 atom stereocenters. The second-order valence-corrected chi connectivity index (χ2v) is 6.59. The predicted octanol–water partition coefficient (Wildman–Crippen LogP) is 2.76. The molecule has 0 amide bonds. The highest BCUT2D eigenvalue weighted by Gasteiger charge is 2.12. The maximum absolute atomic E-state index is 11.8. The summed E-state index contributed by atoms with van der Waals surface area (Å²) in [6.07, 6.45) is 5.42. The number of nitrogens with one attached hydrogen (secondary N) is 1. The van der Waals surface area contributed by atoms with Crippen molar-refractivity contribution in [2.24, 2.45) is 0 Å². The standard InChI is InChI=1S/C19H21N5O2/c25-19-22-17(16-5-4-10-20-18(16)24(19)26)21-15-8-6-14(7-9-15)13-23-11-2-1-3-12-23/h4-10,26H,1-3,11-13H2,(H,21,22,25). The van der Waals surface area contributed by atoms with E-state index in [1.165, 1.54) is 44.1 Å². The first-order valence-electron chi connectivity index (χ1n) is 8.86. The van der Waals surface area contributed by atoms with Crippen molar-refractivity contribution >= 4 is 22.5 Å². The lowest BCUT2D eigenvalue weighted by molar-refractivity contribution is 0.182. The summed E-state index contributed by atoms with van der Waals surface area (Å²) in [5.74, 6) is 0.382. The molecule has 1 saturated heterocycles. The van der Waals surface area contributed by atoms with Gasteiger partial charge in [0, 0.05) is 18.4 Å². The van der Waals surface area contributed by atoms with Crippen molar-refractivity contribution in [2.45, 2.75) is 25.8 Å². The molecule has 1 fully saturated rings. The molecule has 3 heterocycles. The van der Waals surface area contributed by atoms with E-state index in [1.807, 2.05) is 12.1 Å². The highest BCUT2D eigenvalue weighted by Crippen LogP contribution is 2.22. The van der Waals surface area contributed by atoms with Gasteiger partial charge in [-0.15, -0.1) is 4.73 Å². The zero-order valence-electron chi connectivity index (χ0n) is 14.4. The Kier molecular flexibility index (Phi) is 4.53. The Balaban J connectivity index is 1.55. The van der Waals surface area contributed by atoms with Gasteiger partial charge in [0.15, 0.2) is 5.65 Å². The first-order valence-corrected chi connectivity index (χ1v) is 8.86. The summed E-state index contributed by atoms with van der Waals surface area (Å²) in [7, 11) is 0. The maximum Gasteiger partial charge on any atom is 0.384 e. The Labute approximate surface area is 150 Å². The first kappa shape index (κ1) is 16.5. The fraction of sp³-hybridized carbons (Fsp3) is 0.316. The van der Waals surface area contributed by atoms with E-state index in [-0.39, 0.29) is 5.65 Å². The number of nitrogens with zero attached hydrogens (tertiary/aromatic N) is 4. The molecule has 134 valence electrons. The van der Waals surface area contributed by atoms with Crippen molar-refractivity contribution in [1.29, 1.82) is 0 Å². The zero-order chi connectivity index (χ0) is 17.9. The van der Waals surface area contributed by atoms with Crippen LogP contribution in [-0.4, -0.2) is 37.9 Å². The first-order chi connectivity index (χ1) is 12.7. The van der Waals surface area contributed by atoms with Gasteiger partial charge < -0.3 is 10.5 Å². The summed E-state index contributed by atoms with van der Waals surface area (Å²) in [6.45, 7) is 3.30. The van der Waals surface area contributed by atoms with Crippen LogP contribution in [0.15, 0.2) is 47.4 Å². The van der Waals surface area contributed by atoms with Crippen molar-refractivity contribution in [3.63, 3.8) is 0 Å². The summed E-state index contributed by atoms with van der Waals surface area (Å²) in [6, 6.07) is 11.6. The van der Waals surface area contributed by atoms with E-state index < -0.39 is 5.69 Å². The third kappa shape index (κ3) is 3.39. The number of likely N-dealkylation sites (tertiary alicyclic amines) is 1.